The van der Waals surface area contributed by atoms with Gasteiger partial charge in [0.05, 0.1) is 5.60 Å². The van der Waals surface area contributed by atoms with Crippen LogP contribution >= 0.6 is 0 Å². The predicted molar refractivity (Wildman–Crippen MR) is 65.6 cm³/mol. The van der Waals surface area contributed by atoms with Crippen molar-refractivity contribution in [2.75, 3.05) is 19.3 Å². The van der Waals surface area contributed by atoms with Crippen LogP contribution in [-0.4, -0.2) is 40.1 Å². The number of nitrogen functional groups attached to an aromatic ring is 1. The average Bonchev–Trinajstić information content (AvgIpc) is 2.86. The van der Waals surface area contributed by atoms with Crippen molar-refractivity contribution in [1.29, 1.82) is 0 Å². The molecule has 94 valence electrons. The molecule has 0 saturated heterocycles. The van der Waals surface area contributed by atoms with Gasteiger partial charge in [-0.05, 0) is 18.9 Å². The molecule has 1 aromatic rings. The van der Waals surface area contributed by atoms with E-state index in [1.807, 2.05) is 0 Å². The lowest BCUT2D eigenvalue weighted by Crippen LogP contribution is -2.42. The highest BCUT2D eigenvalue weighted by Gasteiger charge is 2.33. The number of aliphatic hydroxyl groups is 1. The lowest BCUT2D eigenvalue weighted by atomic mass is 10.0. The normalized spacial score (nSPS) is 18.2. The fraction of sp³-hybridized carbons (Fsp3) is 0.583. The second kappa shape index (κ2) is 4.41. The highest BCUT2D eigenvalue weighted by atomic mass is 16.3. The second-order valence-corrected chi connectivity index (χ2v) is 4.94. The van der Waals surface area contributed by atoms with Gasteiger partial charge in [-0.15, -0.1) is 0 Å². The molecule has 5 heteroatoms. The van der Waals surface area contributed by atoms with Gasteiger partial charge < -0.3 is 20.7 Å². The van der Waals surface area contributed by atoms with E-state index in [9.17, 15) is 9.90 Å². The van der Waals surface area contributed by atoms with E-state index in [1.165, 1.54) is 0 Å². The van der Waals surface area contributed by atoms with Crippen LogP contribution in [0, 0.1) is 0 Å². The Kier molecular flexibility index (Phi) is 3.11. The first-order valence-corrected chi connectivity index (χ1v) is 5.92. The Morgan fingerprint density at radius 3 is 2.76 bits per heavy atom. The van der Waals surface area contributed by atoms with E-state index in [-0.39, 0.29) is 5.91 Å². The highest BCUT2D eigenvalue weighted by molar-refractivity contribution is 5.93. The first kappa shape index (κ1) is 12.0. The SMILES string of the molecule is CN(CC1(O)CCCC1)C(=O)c1cc(N)c[nH]1. The Morgan fingerprint density at radius 2 is 2.24 bits per heavy atom. The summed E-state index contributed by atoms with van der Waals surface area (Å²) in [4.78, 5) is 16.4. The van der Waals surface area contributed by atoms with Crippen molar-refractivity contribution in [1.82, 2.24) is 9.88 Å². The van der Waals surface area contributed by atoms with Gasteiger partial charge in [0.25, 0.3) is 5.91 Å². The Balaban J connectivity index is 2.00. The smallest absolute Gasteiger partial charge is 0.270 e. The molecule has 0 spiro atoms. The first-order chi connectivity index (χ1) is 8.00. The summed E-state index contributed by atoms with van der Waals surface area (Å²) in [7, 11) is 1.70. The standard InChI is InChI=1S/C12H19N3O2/c1-15(8-12(17)4-2-3-5-12)11(16)10-6-9(13)7-14-10/h6-7,14,17H,2-5,8,13H2,1H3. The van der Waals surface area contributed by atoms with Crippen molar-refractivity contribution in [2.24, 2.45) is 0 Å². The predicted octanol–water partition coefficient (Wildman–Crippen LogP) is 0.974. The molecule has 0 unspecified atom stereocenters. The largest absolute Gasteiger partial charge is 0.397 e. The van der Waals surface area contributed by atoms with Gasteiger partial charge in [0.15, 0.2) is 0 Å². The van der Waals surface area contributed by atoms with Gasteiger partial charge in [-0.1, -0.05) is 12.8 Å². The number of rotatable bonds is 3. The maximum absolute atomic E-state index is 12.0. The van der Waals surface area contributed by atoms with E-state index in [4.69, 9.17) is 5.73 Å². The molecule has 1 saturated carbocycles. The van der Waals surface area contributed by atoms with Crippen LogP contribution in [0.25, 0.3) is 0 Å². The molecule has 1 aliphatic rings. The third kappa shape index (κ3) is 2.61. The maximum Gasteiger partial charge on any atom is 0.270 e. The quantitative estimate of drug-likeness (QED) is 0.732. The lowest BCUT2D eigenvalue weighted by Gasteiger charge is -2.28. The van der Waals surface area contributed by atoms with Crippen molar-refractivity contribution in [3.63, 3.8) is 0 Å². The number of nitrogens with zero attached hydrogens (tertiary/aromatic N) is 1. The molecule has 4 N–H and O–H groups in total. The van der Waals surface area contributed by atoms with Crippen LogP contribution in [-0.2, 0) is 0 Å². The zero-order valence-corrected chi connectivity index (χ0v) is 10.1. The number of amides is 1. The van der Waals surface area contributed by atoms with Crippen LogP contribution in [0.2, 0.25) is 0 Å². The average molecular weight is 237 g/mol. The fourth-order valence-corrected chi connectivity index (χ4v) is 2.44. The van der Waals surface area contributed by atoms with Gasteiger partial charge in [-0.25, -0.2) is 0 Å². The monoisotopic (exact) mass is 237 g/mol. The van der Waals surface area contributed by atoms with Crippen LogP contribution < -0.4 is 5.73 Å². The number of H-pyrrole nitrogens is 1. The Morgan fingerprint density at radius 1 is 1.59 bits per heavy atom. The Bertz CT molecular complexity index is 408. The molecule has 0 aliphatic heterocycles. The highest BCUT2D eigenvalue weighted by Crippen LogP contribution is 2.30. The summed E-state index contributed by atoms with van der Waals surface area (Å²) in [5.74, 6) is -0.137. The molecule has 0 bridgehead atoms. The summed E-state index contributed by atoms with van der Waals surface area (Å²) in [5.41, 5.74) is 5.86. The number of aromatic amines is 1. The summed E-state index contributed by atoms with van der Waals surface area (Å²) in [6, 6.07) is 1.61. The fourth-order valence-electron chi connectivity index (χ4n) is 2.44. The van der Waals surface area contributed by atoms with Crippen molar-refractivity contribution in [2.45, 2.75) is 31.3 Å². The molecular weight excluding hydrogens is 218 g/mol. The van der Waals surface area contributed by atoms with Gasteiger partial charge in [0.1, 0.15) is 5.69 Å². The lowest BCUT2D eigenvalue weighted by molar-refractivity contribution is 0.0155. The molecule has 1 aliphatic carbocycles. The molecular formula is C12H19N3O2. The number of nitrogens with two attached hydrogens (primary N) is 1. The first-order valence-electron chi connectivity index (χ1n) is 5.92. The number of likely N-dealkylation sites (N-methyl/N-ethyl adjacent to an activating group) is 1. The van der Waals surface area contributed by atoms with E-state index in [0.29, 0.717) is 17.9 Å². The maximum atomic E-state index is 12.0. The van der Waals surface area contributed by atoms with E-state index in [1.54, 1.807) is 24.2 Å². The number of aromatic nitrogens is 1. The Labute approximate surface area is 101 Å². The van der Waals surface area contributed by atoms with Gasteiger partial charge in [-0.2, -0.15) is 0 Å². The topological polar surface area (TPSA) is 82.3 Å². The molecule has 0 aromatic carbocycles. The van der Waals surface area contributed by atoms with Gasteiger partial charge in [-0.3, -0.25) is 4.79 Å². The van der Waals surface area contributed by atoms with Crippen LogP contribution in [0.1, 0.15) is 36.2 Å². The van der Waals surface area contributed by atoms with Crippen molar-refractivity contribution < 1.29 is 9.90 Å². The summed E-state index contributed by atoms with van der Waals surface area (Å²) in [6.07, 6.45) is 5.21. The molecule has 1 aromatic heterocycles. The van der Waals surface area contributed by atoms with E-state index in [2.05, 4.69) is 4.98 Å². The summed E-state index contributed by atoms with van der Waals surface area (Å²) < 4.78 is 0. The number of carbonyl (C=O) groups is 1. The van der Waals surface area contributed by atoms with E-state index < -0.39 is 5.60 Å². The van der Waals surface area contributed by atoms with Crippen molar-refractivity contribution in [3.05, 3.63) is 18.0 Å². The van der Waals surface area contributed by atoms with Gasteiger partial charge >= 0.3 is 0 Å². The molecule has 17 heavy (non-hydrogen) atoms. The van der Waals surface area contributed by atoms with Crippen molar-refractivity contribution >= 4 is 11.6 Å². The van der Waals surface area contributed by atoms with Crippen LogP contribution in [0.15, 0.2) is 12.3 Å². The van der Waals surface area contributed by atoms with Gasteiger partial charge in [0, 0.05) is 25.5 Å². The van der Waals surface area contributed by atoms with E-state index in [0.717, 1.165) is 25.7 Å². The summed E-state index contributed by atoms with van der Waals surface area (Å²) in [6.45, 7) is 0.380. The number of hydrogen-bond donors (Lipinski definition) is 3. The third-order valence-corrected chi connectivity index (χ3v) is 3.35. The second-order valence-electron chi connectivity index (χ2n) is 4.94. The number of anilines is 1. The number of carbonyl (C=O) groups excluding carboxylic acids is 1. The minimum Gasteiger partial charge on any atom is -0.397 e. The van der Waals surface area contributed by atoms with Gasteiger partial charge in [0.2, 0.25) is 0 Å². The minimum atomic E-state index is -0.706. The molecule has 1 fully saturated rings. The van der Waals surface area contributed by atoms with E-state index >= 15 is 0 Å². The molecule has 0 atom stereocenters. The molecule has 1 amide bonds. The van der Waals surface area contributed by atoms with Crippen molar-refractivity contribution in [3.8, 4) is 0 Å². The summed E-state index contributed by atoms with van der Waals surface area (Å²) >= 11 is 0. The van der Waals surface area contributed by atoms with Crippen LogP contribution in [0.3, 0.4) is 0 Å². The molecule has 1 heterocycles. The summed E-state index contributed by atoms with van der Waals surface area (Å²) in [5, 5.41) is 10.2. The molecule has 2 rings (SSSR count). The zero-order valence-electron chi connectivity index (χ0n) is 10.1. The van der Waals surface area contributed by atoms with Crippen LogP contribution in [0.4, 0.5) is 5.69 Å². The minimum absolute atomic E-state index is 0.137. The number of hydrogen-bond acceptors (Lipinski definition) is 3. The van der Waals surface area contributed by atoms with Crippen LogP contribution in [0.5, 0.6) is 0 Å². The number of nitrogens with one attached hydrogen (secondary N) is 1. The molecule has 0 radical (unpaired) electrons. The molecule has 5 nitrogen and oxygen atoms in total. The zero-order chi connectivity index (χ0) is 12.5. The third-order valence-electron chi connectivity index (χ3n) is 3.35. The Hall–Kier alpha value is -1.49.